The van der Waals surface area contributed by atoms with E-state index >= 15 is 0 Å². The molecule has 2 amide bonds. The van der Waals surface area contributed by atoms with Crippen molar-refractivity contribution in [3.8, 4) is 5.75 Å². The highest BCUT2D eigenvalue weighted by atomic mass is 19.1. The SMILES string of the molecule is COc1cccc(CN2C[C@H](C(=O)Nc3ccc(F)cc3)CC2=O)c1. The highest BCUT2D eigenvalue weighted by Crippen LogP contribution is 2.23. The van der Waals surface area contributed by atoms with E-state index in [1.165, 1.54) is 24.3 Å². The van der Waals surface area contributed by atoms with Crippen molar-refractivity contribution in [2.75, 3.05) is 19.0 Å². The Morgan fingerprint density at radius 2 is 2.04 bits per heavy atom. The number of amides is 2. The van der Waals surface area contributed by atoms with E-state index in [4.69, 9.17) is 4.74 Å². The molecule has 1 atom stereocenters. The first-order valence-electron chi connectivity index (χ1n) is 8.02. The second kappa shape index (κ2) is 7.34. The number of rotatable bonds is 5. The molecule has 0 unspecified atom stereocenters. The molecule has 0 aliphatic carbocycles. The molecule has 1 aliphatic heterocycles. The van der Waals surface area contributed by atoms with E-state index < -0.39 is 5.92 Å². The number of halogens is 1. The van der Waals surface area contributed by atoms with Crippen molar-refractivity contribution >= 4 is 17.5 Å². The summed E-state index contributed by atoms with van der Waals surface area (Å²) in [6.07, 6.45) is 0.178. The zero-order chi connectivity index (χ0) is 17.8. The van der Waals surface area contributed by atoms with Gasteiger partial charge in [-0.15, -0.1) is 0 Å². The van der Waals surface area contributed by atoms with Crippen LogP contribution in [-0.4, -0.2) is 30.4 Å². The highest BCUT2D eigenvalue weighted by Gasteiger charge is 2.34. The molecule has 0 bridgehead atoms. The van der Waals surface area contributed by atoms with Gasteiger partial charge < -0.3 is 15.0 Å². The Balaban J connectivity index is 1.61. The van der Waals surface area contributed by atoms with Crippen LogP contribution in [0.2, 0.25) is 0 Å². The van der Waals surface area contributed by atoms with Crippen LogP contribution in [-0.2, 0) is 16.1 Å². The van der Waals surface area contributed by atoms with Crippen molar-refractivity contribution in [2.45, 2.75) is 13.0 Å². The normalized spacial score (nSPS) is 16.8. The predicted octanol–water partition coefficient (Wildman–Crippen LogP) is 2.82. The van der Waals surface area contributed by atoms with E-state index in [1.54, 1.807) is 12.0 Å². The Hall–Kier alpha value is -2.89. The quantitative estimate of drug-likeness (QED) is 0.909. The van der Waals surface area contributed by atoms with Gasteiger partial charge in [0.05, 0.1) is 13.0 Å². The summed E-state index contributed by atoms with van der Waals surface area (Å²) in [6.45, 7) is 0.805. The van der Waals surface area contributed by atoms with Gasteiger partial charge in [0.2, 0.25) is 11.8 Å². The minimum atomic E-state index is -0.414. The molecule has 2 aromatic rings. The number of carbonyl (C=O) groups excluding carboxylic acids is 2. The average Bonchev–Trinajstić information content (AvgIpc) is 2.98. The van der Waals surface area contributed by atoms with Gasteiger partial charge in [0, 0.05) is 25.2 Å². The van der Waals surface area contributed by atoms with Crippen LogP contribution in [0.1, 0.15) is 12.0 Å². The van der Waals surface area contributed by atoms with Gasteiger partial charge in [0.15, 0.2) is 0 Å². The van der Waals surface area contributed by atoms with Crippen LogP contribution in [0.5, 0.6) is 5.75 Å². The maximum atomic E-state index is 12.9. The molecule has 1 aliphatic rings. The van der Waals surface area contributed by atoms with Crippen LogP contribution >= 0.6 is 0 Å². The van der Waals surface area contributed by atoms with E-state index in [9.17, 15) is 14.0 Å². The lowest BCUT2D eigenvalue weighted by Crippen LogP contribution is -2.28. The molecule has 5 nitrogen and oxygen atoms in total. The fourth-order valence-electron chi connectivity index (χ4n) is 2.87. The molecular weight excluding hydrogens is 323 g/mol. The summed E-state index contributed by atoms with van der Waals surface area (Å²) in [5, 5.41) is 2.73. The number of methoxy groups -OCH3 is 1. The lowest BCUT2D eigenvalue weighted by Gasteiger charge is -2.17. The smallest absolute Gasteiger partial charge is 0.229 e. The van der Waals surface area contributed by atoms with E-state index in [0.717, 1.165) is 11.3 Å². The second-order valence-electron chi connectivity index (χ2n) is 6.02. The number of carbonyl (C=O) groups is 2. The second-order valence-corrected chi connectivity index (χ2v) is 6.02. The molecule has 25 heavy (non-hydrogen) atoms. The first-order chi connectivity index (χ1) is 12.0. The van der Waals surface area contributed by atoms with Crippen LogP contribution in [0.25, 0.3) is 0 Å². The molecule has 1 N–H and O–H groups in total. The maximum absolute atomic E-state index is 12.9. The first kappa shape index (κ1) is 17.0. The molecular formula is C19H19FN2O3. The molecule has 0 spiro atoms. The predicted molar refractivity (Wildman–Crippen MR) is 91.5 cm³/mol. The fourth-order valence-corrected chi connectivity index (χ4v) is 2.87. The van der Waals surface area contributed by atoms with Gasteiger partial charge in [-0.1, -0.05) is 12.1 Å². The molecule has 0 saturated carbocycles. The largest absolute Gasteiger partial charge is 0.497 e. The summed E-state index contributed by atoms with van der Waals surface area (Å²) in [4.78, 5) is 26.2. The Bertz CT molecular complexity index is 776. The summed E-state index contributed by atoms with van der Waals surface area (Å²) in [6, 6.07) is 13.1. The Morgan fingerprint density at radius 1 is 1.28 bits per heavy atom. The van der Waals surface area contributed by atoms with Gasteiger partial charge in [-0.05, 0) is 42.0 Å². The van der Waals surface area contributed by atoms with Crippen LogP contribution in [0.15, 0.2) is 48.5 Å². The molecule has 130 valence electrons. The van der Waals surface area contributed by atoms with E-state index in [1.807, 2.05) is 24.3 Å². The third-order valence-electron chi connectivity index (χ3n) is 4.20. The minimum absolute atomic E-state index is 0.0536. The Kier molecular flexibility index (Phi) is 4.97. The number of hydrogen-bond donors (Lipinski definition) is 1. The van der Waals surface area contributed by atoms with E-state index in [0.29, 0.717) is 18.8 Å². The van der Waals surface area contributed by atoms with Crippen molar-refractivity contribution < 1.29 is 18.7 Å². The lowest BCUT2D eigenvalue weighted by molar-refractivity contribution is -0.128. The zero-order valence-corrected chi connectivity index (χ0v) is 13.9. The molecule has 1 saturated heterocycles. The monoisotopic (exact) mass is 342 g/mol. The zero-order valence-electron chi connectivity index (χ0n) is 13.9. The van der Waals surface area contributed by atoms with Gasteiger partial charge in [-0.2, -0.15) is 0 Å². The maximum Gasteiger partial charge on any atom is 0.229 e. The van der Waals surface area contributed by atoms with Crippen molar-refractivity contribution in [3.05, 3.63) is 59.9 Å². The Morgan fingerprint density at radius 3 is 2.76 bits per heavy atom. The van der Waals surface area contributed by atoms with Crippen molar-refractivity contribution in [3.63, 3.8) is 0 Å². The van der Waals surface area contributed by atoms with Gasteiger partial charge >= 0.3 is 0 Å². The third kappa shape index (κ3) is 4.15. The van der Waals surface area contributed by atoms with E-state index in [2.05, 4.69) is 5.32 Å². The van der Waals surface area contributed by atoms with Crippen LogP contribution in [0, 0.1) is 11.7 Å². The summed E-state index contributed by atoms with van der Waals surface area (Å²) >= 11 is 0. The third-order valence-corrected chi connectivity index (χ3v) is 4.20. The summed E-state index contributed by atoms with van der Waals surface area (Å²) in [7, 11) is 1.59. The summed E-state index contributed by atoms with van der Waals surface area (Å²) < 4.78 is 18.1. The standard InChI is InChI=1S/C19H19FN2O3/c1-25-17-4-2-3-13(9-17)11-22-12-14(10-18(22)23)19(24)21-16-7-5-15(20)6-8-16/h2-9,14H,10-12H2,1H3,(H,21,24)/t14-/m1/s1. The summed E-state index contributed by atoms with van der Waals surface area (Å²) in [5.74, 6) is -0.327. The molecule has 0 radical (unpaired) electrons. The number of hydrogen-bond acceptors (Lipinski definition) is 3. The van der Waals surface area contributed by atoms with Gasteiger partial charge in [0.1, 0.15) is 11.6 Å². The molecule has 0 aromatic heterocycles. The summed E-state index contributed by atoms with van der Waals surface area (Å²) in [5.41, 5.74) is 1.47. The van der Waals surface area contributed by atoms with Gasteiger partial charge in [0.25, 0.3) is 0 Å². The average molecular weight is 342 g/mol. The molecule has 3 rings (SSSR count). The van der Waals surface area contributed by atoms with Crippen molar-refractivity contribution in [1.29, 1.82) is 0 Å². The lowest BCUT2D eigenvalue weighted by atomic mass is 10.1. The number of likely N-dealkylation sites (tertiary alicyclic amines) is 1. The number of ether oxygens (including phenoxy) is 1. The van der Waals surface area contributed by atoms with Gasteiger partial charge in [-0.25, -0.2) is 4.39 Å². The van der Waals surface area contributed by atoms with Crippen LogP contribution in [0.3, 0.4) is 0 Å². The number of anilines is 1. The molecule has 1 heterocycles. The highest BCUT2D eigenvalue weighted by molar-refractivity contribution is 5.97. The number of benzene rings is 2. The Labute approximate surface area is 145 Å². The number of nitrogens with one attached hydrogen (secondary N) is 1. The van der Waals surface area contributed by atoms with Crippen LogP contribution in [0.4, 0.5) is 10.1 Å². The van der Waals surface area contributed by atoms with Crippen molar-refractivity contribution in [2.24, 2.45) is 5.92 Å². The van der Waals surface area contributed by atoms with Crippen LogP contribution < -0.4 is 10.1 Å². The van der Waals surface area contributed by atoms with E-state index in [-0.39, 0.29) is 24.1 Å². The first-order valence-corrected chi connectivity index (χ1v) is 8.02. The van der Waals surface area contributed by atoms with Crippen molar-refractivity contribution in [1.82, 2.24) is 4.90 Å². The topological polar surface area (TPSA) is 58.6 Å². The molecule has 2 aromatic carbocycles. The van der Waals surface area contributed by atoms with Gasteiger partial charge in [-0.3, -0.25) is 9.59 Å². The fraction of sp³-hybridized carbons (Fsp3) is 0.263. The molecule has 6 heteroatoms. The molecule has 1 fully saturated rings. The minimum Gasteiger partial charge on any atom is -0.497 e. The number of nitrogens with zero attached hydrogens (tertiary/aromatic N) is 1.